The van der Waals surface area contributed by atoms with Crippen LogP contribution in [0.5, 0.6) is 0 Å². The molecule has 1 aromatic carbocycles. The van der Waals surface area contributed by atoms with E-state index >= 15 is 0 Å². The number of benzene rings is 1. The van der Waals surface area contributed by atoms with Gasteiger partial charge in [0.25, 0.3) is 0 Å². The Hall–Kier alpha value is -2.02. The van der Waals surface area contributed by atoms with Gasteiger partial charge in [-0.2, -0.15) is 0 Å². The van der Waals surface area contributed by atoms with Gasteiger partial charge < -0.3 is 14.6 Å². The van der Waals surface area contributed by atoms with Crippen molar-refractivity contribution in [1.29, 1.82) is 0 Å². The molecule has 2 N–H and O–H groups in total. The Morgan fingerprint density at radius 1 is 1.14 bits per heavy atom. The van der Waals surface area contributed by atoms with E-state index in [0.717, 1.165) is 0 Å². The molecule has 2 atom stereocenters. The fourth-order valence-corrected chi connectivity index (χ4v) is 3.63. The van der Waals surface area contributed by atoms with Crippen LogP contribution in [0.4, 0.5) is 4.39 Å². The molecule has 2 heterocycles. The largest absolute Gasteiger partial charge is 0.462 e. The number of aliphatic hydroxyl groups is 2. The minimum absolute atomic E-state index is 0.379. The Morgan fingerprint density at radius 3 is 2.76 bits per heavy atom. The SMILES string of the molecule is OC1c2ccc(F)cc2C(O)c2sc(-c3ccco3)nc21. The summed E-state index contributed by atoms with van der Waals surface area (Å²) < 4.78 is 18.7. The minimum Gasteiger partial charge on any atom is -0.462 e. The Balaban J connectivity index is 1.89. The predicted molar refractivity (Wildman–Crippen MR) is 74.3 cm³/mol. The zero-order valence-corrected chi connectivity index (χ0v) is 11.5. The van der Waals surface area contributed by atoms with E-state index < -0.39 is 18.0 Å². The molecular weight excluding hydrogens is 293 g/mol. The van der Waals surface area contributed by atoms with Crippen molar-refractivity contribution in [2.45, 2.75) is 12.2 Å². The fourth-order valence-electron chi connectivity index (χ4n) is 2.56. The van der Waals surface area contributed by atoms with E-state index in [1.165, 1.54) is 35.8 Å². The van der Waals surface area contributed by atoms with Gasteiger partial charge in [0.15, 0.2) is 10.8 Å². The maximum atomic E-state index is 13.4. The molecule has 6 heteroatoms. The molecule has 0 fully saturated rings. The lowest BCUT2D eigenvalue weighted by molar-refractivity contribution is 0.173. The van der Waals surface area contributed by atoms with E-state index in [-0.39, 0.29) is 0 Å². The summed E-state index contributed by atoms with van der Waals surface area (Å²) in [4.78, 5) is 4.89. The molecule has 106 valence electrons. The first-order valence-corrected chi connectivity index (χ1v) is 7.17. The van der Waals surface area contributed by atoms with Gasteiger partial charge in [-0.05, 0) is 35.4 Å². The lowest BCUT2D eigenvalue weighted by atomic mass is 9.89. The van der Waals surface area contributed by atoms with E-state index in [0.29, 0.717) is 32.5 Å². The number of furan rings is 1. The third-order valence-electron chi connectivity index (χ3n) is 3.56. The van der Waals surface area contributed by atoms with Gasteiger partial charge in [0.2, 0.25) is 0 Å². The summed E-state index contributed by atoms with van der Waals surface area (Å²) in [5.74, 6) is 0.128. The van der Waals surface area contributed by atoms with Gasteiger partial charge in [-0.15, -0.1) is 11.3 Å². The molecule has 21 heavy (non-hydrogen) atoms. The standard InChI is InChI=1S/C15H10FNO3S/c16-7-3-4-8-9(6-7)13(19)14-11(12(8)18)17-15(21-14)10-2-1-5-20-10/h1-6,12-13,18-19H. The van der Waals surface area contributed by atoms with Gasteiger partial charge in [-0.3, -0.25) is 0 Å². The third-order valence-corrected chi connectivity index (χ3v) is 4.70. The molecule has 1 aliphatic rings. The van der Waals surface area contributed by atoms with Crippen LogP contribution >= 0.6 is 11.3 Å². The molecule has 0 amide bonds. The molecule has 0 radical (unpaired) electrons. The summed E-state index contributed by atoms with van der Waals surface area (Å²) in [6, 6.07) is 7.49. The van der Waals surface area contributed by atoms with Crippen molar-refractivity contribution in [1.82, 2.24) is 4.98 Å². The Kier molecular flexibility index (Phi) is 2.72. The molecule has 2 aromatic heterocycles. The number of nitrogens with zero attached hydrogens (tertiary/aromatic N) is 1. The molecule has 0 saturated carbocycles. The number of halogens is 1. The highest BCUT2D eigenvalue weighted by Crippen LogP contribution is 2.45. The smallest absolute Gasteiger partial charge is 0.162 e. The average molecular weight is 303 g/mol. The fraction of sp³-hybridized carbons (Fsp3) is 0.133. The first kappa shape index (κ1) is 12.7. The van der Waals surface area contributed by atoms with Crippen molar-refractivity contribution in [3.05, 3.63) is 64.1 Å². The highest BCUT2D eigenvalue weighted by Gasteiger charge is 2.34. The molecule has 1 aliphatic carbocycles. The summed E-state index contributed by atoms with van der Waals surface area (Å²) in [5.41, 5.74) is 1.26. The Morgan fingerprint density at radius 2 is 2.00 bits per heavy atom. The molecule has 4 nitrogen and oxygen atoms in total. The monoisotopic (exact) mass is 303 g/mol. The highest BCUT2D eigenvalue weighted by atomic mass is 32.1. The van der Waals surface area contributed by atoms with Gasteiger partial charge in [-0.1, -0.05) is 6.07 Å². The number of fused-ring (bicyclic) bond motifs is 2. The maximum Gasteiger partial charge on any atom is 0.162 e. The van der Waals surface area contributed by atoms with E-state index in [4.69, 9.17) is 4.42 Å². The minimum atomic E-state index is -0.990. The van der Waals surface area contributed by atoms with Crippen LogP contribution in [0, 0.1) is 5.82 Å². The van der Waals surface area contributed by atoms with E-state index in [1.54, 1.807) is 12.1 Å². The first-order chi connectivity index (χ1) is 10.1. The predicted octanol–water partition coefficient (Wildman–Crippen LogP) is 3.02. The summed E-state index contributed by atoms with van der Waals surface area (Å²) in [6.07, 6.45) is -0.429. The van der Waals surface area contributed by atoms with Crippen molar-refractivity contribution in [3.8, 4) is 10.8 Å². The van der Waals surface area contributed by atoms with Gasteiger partial charge in [0.05, 0.1) is 16.8 Å². The van der Waals surface area contributed by atoms with Crippen molar-refractivity contribution >= 4 is 11.3 Å². The molecule has 0 aliphatic heterocycles. The lowest BCUT2D eigenvalue weighted by Crippen LogP contribution is -2.16. The number of rotatable bonds is 1. The Bertz CT molecular complexity index is 812. The zero-order chi connectivity index (χ0) is 14.6. The zero-order valence-electron chi connectivity index (χ0n) is 10.7. The molecule has 0 bridgehead atoms. The van der Waals surface area contributed by atoms with Crippen LogP contribution in [0.3, 0.4) is 0 Å². The molecule has 0 saturated heterocycles. The summed E-state index contributed by atoms with van der Waals surface area (Å²) in [7, 11) is 0. The molecule has 2 unspecified atom stereocenters. The van der Waals surface area contributed by atoms with Crippen molar-refractivity contribution < 1.29 is 19.0 Å². The van der Waals surface area contributed by atoms with Crippen molar-refractivity contribution in [2.75, 3.05) is 0 Å². The molecule has 4 rings (SSSR count). The van der Waals surface area contributed by atoms with Crippen LogP contribution in [-0.4, -0.2) is 15.2 Å². The van der Waals surface area contributed by atoms with Crippen LogP contribution in [0.1, 0.15) is 33.9 Å². The van der Waals surface area contributed by atoms with Gasteiger partial charge >= 0.3 is 0 Å². The van der Waals surface area contributed by atoms with Crippen LogP contribution in [-0.2, 0) is 0 Å². The van der Waals surface area contributed by atoms with Crippen molar-refractivity contribution in [2.24, 2.45) is 0 Å². The number of hydrogen-bond acceptors (Lipinski definition) is 5. The molecule has 3 aromatic rings. The van der Waals surface area contributed by atoms with Crippen LogP contribution in [0.25, 0.3) is 10.8 Å². The second-order valence-electron chi connectivity index (χ2n) is 4.82. The molecule has 0 spiro atoms. The van der Waals surface area contributed by atoms with Gasteiger partial charge in [0, 0.05) is 0 Å². The van der Waals surface area contributed by atoms with Crippen molar-refractivity contribution in [3.63, 3.8) is 0 Å². The number of aromatic nitrogens is 1. The summed E-state index contributed by atoms with van der Waals surface area (Å²) >= 11 is 1.24. The van der Waals surface area contributed by atoms with Crippen LogP contribution < -0.4 is 0 Å². The second kappa shape index (κ2) is 4.49. The van der Waals surface area contributed by atoms with E-state index in [9.17, 15) is 14.6 Å². The number of hydrogen-bond donors (Lipinski definition) is 2. The average Bonchev–Trinajstić information content (AvgIpc) is 3.13. The summed E-state index contributed by atoms with van der Waals surface area (Å²) in [6.45, 7) is 0. The topological polar surface area (TPSA) is 66.5 Å². The summed E-state index contributed by atoms with van der Waals surface area (Å²) in [5, 5.41) is 21.4. The maximum absolute atomic E-state index is 13.4. The highest BCUT2D eigenvalue weighted by molar-refractivity contribution is 7.15. The first-order valence-electron chi connectivity index (χ1n) is 6.35. The second-order valence-corrected chi connectivity index (χ2v) is 5.85. The van der Waals surface area contributed by atoms with Crippen LogP contribution in [0.2, 0.25) is 0 Å². The molecular formula is C15H10FNO3S. The number of aliphatic hydroxyl groups excluding tert-OH is 2. The van der Waals surface area contributed by atoms with Crippen LogP contribution in [0.15, 0.2) is 41.0 Å². The van der Waals surface area contributed by atoms with Gasteiger partial charge in [-0.25, -0.2) is 9.37 Å². The van der Waals surface area contributed by atoms with Gasteiger partial charge in [0.1, 0.15) is 18.0 Å². The third kappa shape index (κ3) is 1.84. The lowest BCUT2D eigenvalue weighted by Gasteiger charge is -2.24. The Labute approximate surface area is 123 Å². The van der Waals surface area contributed by atoms with E-state index in [1.807, 2.05) is 0 Å². The normalized spacial score (nSPS) is 20.1. The quantitative estimate of drug-likeness (QED) is 0.725. The van der Waals surface area contributed by atoms with E-state index in [2.05, 4.69) is 4.98 Å². The number of thiazole rings is 1.